The van der Waals surface area contributed by atoms with Crippen LogP contribution >= 0.6 is 0 Å². The van der Waals surface area contributed by atoms with Gasteiger partial charge in [0.25, 0.3) is 0 Å². The maximum Gasteiger partial charge on any atom is 0.00443 e. The average Bonchev–Trinajstić information content (AvgIpc) is 2.02. The monoisotopic (exact) mass is 92.1 g/mol. The Labute approximate surface area is 43.2 Å². The summed E-state index contributed by atoms with van der Waals surface area (Å²) < 4.78 is 0. The van der Waals surface area contributed by atoms with E-state index in [1.807, 2.05) is 11.1 Å². The summed E-state index contributed by atoms with van der Waals surface area (Å²) in [4.78, 5) is 0. The quantitative estimate of drug-likeness (QED) is 0.399. The molecule has 0 aromatic carbocycles. The molecule has 0 spiro atoms. The Morgan fingerprint density at radius 1 is 1.29 bits per heavy atom. The lowest BCUT2D eigenvalue weighted by atomic mass is 9.84. The van der Waals surface area contributed by atoms with Crippen LogP contribution < -0.4 is 0 Å². The van der Waals surface area contributed by atoms with Crippen LogP contribution in [0.2, 0.25) is 0 Å². The lowest BCUT2D eigenvalue weighted by molar-refractivity contribution is 0.405. The summed E-state index contributed by atoms with van der Waals surface area (Å²) in [7, 11) is 0. The van der Waals surface area contributed by atoms with Crippen LogP contribution in [0.4, 0.5) is 0 Å². The van der Waals surface area contributed by atoms with Gasteiger partial charge in [-0.25, -0.2) is 0 Å². The van der Waals surface area contributed by atoms with Crippen LogP contribution in [0, 0.1) is 11.8 Å². The summed E-state index contributed by atoms with van der Waals surface area (Å²) in [5.41, 5.74) is 3.72. The maximum atomic E-state index is 1.87. The van der Waals surface area contributed by atoms with Gasteiger partial charge in [0.05, 0.1) is 0 Å². The van der Waals surface area contributed by atoms with E-state index in [1.165, 1.54) is 19.3 Å². The van der Waals surface area contributed by atoms with Gasteiger partial charge in [0, 0.05) is 5.92 Å². The third-order valence-electron chi connectivity index (χ3n) is 2.82. The summed E-state index contributed by atoms with van der Waals surface area (Å²) in [5.74, 6) is 2.27. The van der Waals surface area contributed by atoms with E-state index in [0.717, 1.165) is 11.8 Å². The molecular formula is C7H8. The molecule has 2 unspecified atom stereocenters. The second-order valence-electron chi connectivity index (χ2n) is 3.03. The van der Waals surface area contributed by atoms with Crippen LogP contribution in [0.25, 0.3) is 0 Å². The van der Waals surface area contributed by atoms with E-state index in [9.17, 15) is 0 Å². The molecule has 0 radical (unpaired) electrons. The zero-order valence-corrected chi connectivity index (χ0v) is 4.28. The lowest BCUT2D eigenvalue weighted by Gasteiger charge is -2.20. The fraction of sp³-hybridized carbons (Fsp3) is 0.714. The van der Waals surface area contributed by atoms with E-state index in [4.69, 9.17) is 0 Å². The molecule has 0 nitrogen and oxygen atoms in total. The van der Waals surface area contributed by atoms with Crippen molar-refractivity contribution in [2.45, 2.75) is 19.3 Å². The summed E-state index contributed by atoms with van der Waals surface area (Å²) in [6.07, 6.45) is 4.51. The molecule has 0 heteroatoms. The Kier molecular flexibility index (Phi) is 0.247. The molecule has 0 aromatic rings. The van der Waals surface area contributed by atoms with Crippen molar-refractivity contribution in [3.8, 4) is 0 Å². The zero-order chi connectivity index (χ0) is 4.43. The minimum Gasteiger partial charge on any atom is -0.0629 e. The maximum absolute atomic E-state index is 1.87. The van der Waals surface area contributed by atoms with Gasteiger partial charge in [0.2, 0.25) is 0 Å². The second-order valence-corrected chi connectivity index (χ2v) is 3.03. The third-order valence-corrected chi connectivity index (χ3v) is 2.82. The summed E-state index contributed by atoms with van der Waals surface area (Å²) in [5, 5.41) is 0. The molecular weight excluding hydrogens is 84.1 g/mol. The molecule has 2 atom stereocenters. The van der Waals surface area contributed by atoms with Gasteiger partial charge < -0.3 is 0 Å². The largest absolute Gasteiger partial charge is 0.0629 e. The first-order chi connectivity index (χ1) is 3.47. The van der Waals surface area contributed by atoms with Crippen molar-refractivity contribution in [1.82, 2.24) is 0 Å². The Morgan fingerprint density at radius 3 is 2.43 bits per heavy atom. The SMILES string of the molecule is C1CC2CC3=C1C32. The highest BCUT2D eigenvalue weighted by atomic mass is 14.6. The van der Waals surface area contributed by atoms with Crippen molar-refractivity contribution in [2.75, 3.05) is 0 Å². The normalized spacial score (nSPS) is 51.4. The molecule has 0 heterocycles. The van der Waals surface area contributed by atoms with Crippen molar-refractivity contribution in [3.05, 3.63) is 11.1 Å². The average molecular weight is 92.1 g/mol. The lowest BCUT2D eigenvalue weighted by Crippen LogP contribution is -2.11. The van der Waals surface area contributed by atoms with Crippen molar-refractivity contribution < 1.29 is 0 Å². The topological polar surface area (TPSA) is 0 Å². The fourth-order valence-corrected chi connectivity index (χ4v) is 2.33. The van der Waals surface area contributed by atoms with Crippen LogP contribution in [-0.4, -0.2) is 0 Å². The molecule has 7 heavy (non-hydrogen) atoms. The molecule has 0 saturated heterocycles. The molecule has 2 fully saturated rings. The molecule has 0 bridgehead atoms. The predicted molar refractivity (Wildman–Crippen MR) is 27.9 cm³/mol. The molecule has 36 valence electrons. The first-order valence-electron chi connectivity index (χ1n) is 3.18. The molecule has 0 aliphatic heterocycles. The van der Waals surface area contributed by atoms with Crippen LogP contribution in [0.1, 0.15) is 19.3 Å². The van der Waals surface area contributed by atoms with E-state index in [0.29, 0.717) is 0 Å². The minimum absolute atomic E-state index is 1.11. The van der Waals surface area contributed by atoms with Gasteiger partial charge in [-0.1, -0.05) is 11.1 Å². The Bertz CT molecular complexity index is 165. The van der Waals surface area contributed by atoms with Gasteiger partial charge in [-0.3, -0.25) is 0 Å². The van der Waals surface area contributed by atoms with Crippen LogP contribution in [0.3, 0.4) is 0 Å². The minimum atomic E-state index is 1.11. The van der Waals surface area contributed by atoms with Gasteiger partial charge in [-0.15, -0.1) is 0 Å². The highest BCUT2D eigenvalue weighted by Gasteiger charge is 2.55. The Balaban J connectivity index is 2.23. The standard InChI is InChI=1S/C7H8/c1-2-5-6-3-4(1)7(5)6/h4,7H,1-3H2. The van der Waals surface area contributed by atoms with E-state index < -0.39 is 0 Å². The van der Waals surface area contributed by atoms with Gasteiger partial charge >= 0.3 is 0 Å². The van der Waals surface area contributed by atoms with Gasteiger partial charge in [-0.2, -0.15) is 0 Å². The molecule has 3 aliphatic rings. The molecule has 0 N–H and O–H groups in total. The van der Waals surface area contributed by atoms with Crippen LogP contribution in [0.15, 0.2) is 11.1 Å². The first-order valence-corrected chi connectivity index (χ1v) is 3.18. The molecule has 0 amide bonds. The summed E-state index contributed by atoms with van der Waals surface area (Å²) in [6, 6.07) is 0. The first kappa shape index (κ1) is 2.91. The molecule has 3 rings (SSSR count). The van der Waals surface area contributed by atoms with E-state index in [1.54, 1.807) is 0 Å². The highest BCUT2D eigenvalue weighted by Crippen LogP contribution is 2.67. The molecule has 2 saturated carbocycles. The number of hydrogen-bond acceptors (Lipinski definition) is 0. The zero-order valence-electron chi connectivity index (χ0n) is 4.28. The fourth-order valence-electron chi connectivity index (χ4n) is 2.33. The Morgan fingerprint density at radius 2 is 2.29 bits per heavy atom. The third kappa shape index (κ3) is 0.155. The molecule has 3 aliphatic carbocycles. The van der Waals surface area contributed by atoms with Crippen molar-refractivity contribution in [3.63, 3.8) is 0 Å². The van der Waals surface area contributed by atoms with Crippen molar-refractivity contribution in [2.24, 2.45) is 11.8 Å². The van der Waals surface area contributed by atoms with E-state index in [-0.39, 0.29) is 0 Å². The highest BCUT2D eigenvalue weighted by molar-refractivity contribution is 5.52. The van der Waals surface area contributed by atoms with Gasteiger partial charge in [0.15, 0.2) is 0 Å². The Hall–Kier alpha value is -0.260. The predicted octanol–water partition coefficient (Wildman–Crippen LogP) is 1.73. The van der Waals surface area contributed by atoms with Crippen molar-refractivity contribution in [1.29, 1.82) is 0 Å². The second kappa shape index (κ2) is 0.594. The number of rotatable bonds is 0. The number of hydrogen-bond donors (Lipinski definition) is 0. The van der Waals surface area contributed by atoms with Gasteiger partial charge in [-0.05, 0) is 25.2 Å². The van der Waals surface area contributed by atoms with E-state index >= 15 is 0 Å². The smallest absolute Gasteiger partial charge is 0.00443 e. The van der Waals surface area contributed by atoms with Gasteiger partial charge in [0.1, 0.15) is 0 Å². The number of allylic oxidation sites excluding steroid dienone is 2. The summed E-state index contributed by atoms with van der Waals surface area (Å²) in [6.45, 7) is 0. The van der Waals surface area contributed by atoms with Crippen molar-refractivity contribution >= 4 is 0 Å². The van der Waals surface area contributed by atoms with Crippen LogP contribution in [-0.2, 0) is 0 Å². The molecule has 0 aromatic heterocycles. The summed E-state index contributed by atoms with van der Waals surface area (Å²) >= 11 is 0. The van der Waals surface area contributed by atoms with Crippen LogP contribution in [0.5, 0.6) is 0 Å². The van der Waals surface area contributed by atoms with E-state index in [2.05, 4.69) is 0 Å².